The Hall–Kier alpha value is -1.06. The van der Waals surface area contributed by atoms with Gasteiger partial charge in [-0.1, -0.05) is 12.1 Å². The second-order valence-corrected chi connectivity index (χ2v) is 3.95. The molecule has 1 aromatic carbocycles. The van der Waals surface area contributed by atoms with Crippen LogP contribution in [0.3, 0.4) is 0 Å². The number of aryl methyl sites for hydroxylation is 2. The van der Waals surface area contributed by atoms with Crippen molar-refractivity contribution >= 4 is 0 Å². The third-order valence-electron chi connectivity index (χ3n) is 2.56. The van der Waals surface area contributed by atoms with Gasteiger partial charge in [-0.15, -0.1) is 0 Å². The predicted octanol–water partition coefficient (Wildman–Crippen LogP) is 2.05. The van der Waals surface area contributed by atoms with Gasteiger partial charge in [-0.25, -0.2) is 0 Å². The fourth-order valence-corrected chi connectivity index (χ4v) is 1.91. The zero-order valence-corrected chi connectivity index (χ0v) is 10.6. The second-order valence-electron chi connectivity index (χ2n) is 3.95. The van der Waals surface area contributed by atoms with E-state index in [9.17, 15) is 0 Å². The minimum atomic E-state index is 0.605. The van der Waals surface area contributed by atoms with E-state index in [2.05, 4.69) is 31.3 Å². The molecule has 90 valence electrons. The monoisotopic (exact) mass is 223 g/mol. The van der Waals surface area contributed by atoms with Crippen LogP contribution >= 0.6 is 0 Å². The number of nitrogens with one attached hydrogen (secondary N) is 1. The fraction of sp³-hybridized carbons (Fsp3) is 0.538. The van der Waals surface area contributed by atoms with E-state index in [1.807, 2.05) is 0 Å². The Kier molecular flexibility index (Phi) is 5.29. The minimum absolute atomic E-state index is 0.605. The average Bonchev–Trinajstić information content (AvgIpc) is 2.24. The second kappa shape index (κ2) is 6.51. The Morgan fingerprint density at radius 1 is 1.12 bits per heavy atom. The minimum Gasteiger partial charge on any atom is -0.496 e. The van der Waals surface area contributed by atoms with E-state index < -0.39 is 0 Å². The molecule has 0 radical (unpaired) electrons. The molecule has 0 saturated heterocycles. The maximum absolute atomic E-state index is 5.34. The molecule has 1 N–H and O–H groups in total. The number of hydrogen-bond acceptors (Lipinski definition) is 3. The number of benzene rings is 1. The van der Waals surface area contributed by atoms with Gasteiger partial charge in [0.2, 0.25) is 0 Å². The van der Waals surface area contributed by atoms with E-state index in [-0.39, 0.29) is 0 Å². The predicted molar refractivity (Wildman–Crippen MR) is 66.1 cm³/mol. The van der Waals surface area contributed by atoms with E-state index >= 15 is 0 Å². The molecule has 0 aromatic heterocycles. The molecular formula is C13H21NO2. The third-order valence-corrected chi connectivity index (χ3v) is 2.56. The van der Waals surface area contributed by atoms with Crippen LogP contribution in [0.25, 0.3) is 0 Å². The van der Waals surface area contributed by atoms with Gasteiger partial charge in [-0.3, -0.25) is 5.32 Å². The van der Waals surface area contributed by atoms with Crippen molar-refractivity contribution in [3.63, 3.8) is 0 Å². The van der Waals surface area contributed by atoms with Crippen LogP contribution in [-0.4, -0.2) is 27.5 Å². The van der Waals surface area contributed by atoms with Crippen molar-refractivity contribution in [2.45, 2.75) is 20.3 Å². The lowest BCUT2D eigenvalue weighted by Gasteiger charge is -2.11. The fourth-order valence-electron chi connectivity index (χ4n) is 1.91. The summed E-state index contributed by atoms with van der Waals surface area (Å²) < 4.78 is 10.3. The van der Waals surface area contributed by atoms with Gasteiger partial charge in [0.1, 0.15) is 5.75 Å². The maximum atomic E-state index is 5.34. The highest BCUT2D eigenvalue weighted by molar-refractivity contribution is 5.43. The van der Waals surface area contributed by atoms with Crippen LogP contribution in [0.5, 0.6) is 5.75 Å². The van der Waals surface area contributed by atoms with E-state index in [4.69, 9.17) is 9.47 Å². The average molecular weight is 223 g/mol. The van der Waals surface area contributed by atoms with Crippen LogP contribution in [0, 0.1) is 13.8 Å². The number of rotatable bonds is 6. The zero-order chi connectivity index (χ0) is 12.0. The van der Waals surface area contributed by atoms with Crippen LogP contribution in [0.2, 0.25) is 0 Å². The van der Waals surface area contributed by atoms with Crippen molar-refractivity contribution in [1.29, 1.82) is 0 Å². The van der Waals surface area contributed by atoms with Gasteiger partial charge in [-0.2, -0.15) is 0 Å². The van der Waals surface area contributed by atoms with Gasteiger partial charge < -0.3 is 9.47 Å². The summed E-state index contributed by atoms with van der Waals surface area (Å²) in [5.41, 5.74) is 3.73. The summed E-state index contributed by atoms with van der Waals surface area (Å²) in [6.45, 7) is 5.70. The Labute approximate surface area is 97.8 Å². The molecule has 0 aliphatic heterocycles. The Morgan fingerprint density at radius 2 is 1.75 bits per heavy atom. The van der Waals surface area contributed by atoms with Crippen LogP contribution < -0.4 is 10.1 Å². The maximum Gasteiger partial charge on any atom is 0.124 e. The first kappa shape index (κ1) is 13.0. The van der Waals surface area contributed by atoms with Gasteiger partial charge in [0, 0.05) is 13.7 Å². The van der Waals surface area contributed by atoms with Crippen LogP contribution in [0.1, 0.15) is 16.7 Å². The zero-order valence-electron chi connectivity index (χ0n) is 10.6. The van der Waals surface area contributed by atoms with Crippen LogP contribution in [0.4, 0.5) is 0 Å². The standard InChI is InChI=1S/C13H21NO2/c1-10-7-12(5-6-14-9-15-3)8-11(2)13(10)16-4/h7-8,14H,5-6,9H2,1-4H3. The molecule has 1 rings (SSSR count). The van der Waals surface area contributed by atoms with E-state index in [0.29, 0.717) is 6.73 Å². The molecule has 0 aliphatic rings. The lowest BCUT2D eigenvalue weighted by Crippen LogP contribution is -2.19. The molecule has 0 amide bonds. The molecular weight excluding hydrogens is 202 g/mol. The molecule has 3 heteroatoms. The van der Waals surface area contributed by atoms with Crippen molar-refractivity contribution in [3.8, 4) is 5.75 Å². The van der Waals surface area contributed by atoms with Gasteiger partial charge in [0.25, 0.3) is 0 Å². The normalized spacial score (nSPS) is 10.5. The quantitative estimate of drug-likeness (QED) is 0.591. The van der Waals surface area contributed by atoms with E-state index in [1.54, 1.807) is 14.2 Å². The summed E-state index contributed by atoms with van der Waals surface area (Å²) >= 11 is 0. The van der Waals surface area contributed by atoms with Gasteiger partial charge in [0.05, 0.1) is 13.8 Å². The Bertz CT molecular complexity index is 314. The smallest absolute Gasteiger partial charge is 0.124 e. The SMILES string of the molecule is COCNCCc1cc(C)c(OC)c(C)c1. The highest BCUT2D eigenvalue weighted by Gasteiger charge is 2.04. The molecule has 0 unspecified atom stereocenters. The summed E-state index contributed by atoms with van der Waals surface area (Å²) in [5.74, 6) is 0.994. The van der Waals surface area contributed by atoms with Crippen LogP contribution in [-0.2, 0) is 11.2 Å². The molecule has 0 bridgehead atoms. The molecule has 1 aromatic rings. The number of methoxy groups -OCH3 is 2. The Morgan fingerprint density at radius 3 is 2.25 bits per heavy atom. The largest absolute Gasteiger partial charge is 0.496 e. The lowest BCUT2D eigenvalue weighted by atomic mass is 10.0. The molecule has 0 aliphatic carbocycles. The van der Waals surface area contributed by atoms with Crippen molar-refractivity contribution in [3.05, 3.63) is 28.8 Å². The third kappa shape index (κ3) is 3.51. The molecule has 16 heavy (non-hydrogen) atoms. The first-order valence-corrected chi connectivity index (χ1v) is 5.52. The first-order chi connectivity index (χ1) is 7.69. The molecule has 0 heterocycles. The molecule has 0 atom stereocenters. The van der Waals surface area contributed by atoms with Crippen molar-refractivity contribution in [2.75, 3.05) is 27.5 Å². The number of hydrogen-bond donors (Lipinski definition) is 1. The van der Waals surface area contributed by atoms with Gasteiger partial charge in [0.15, 0.2) is 0 Å². The van der Waals surface area contributed by atoms with Gasteiger partial charge >= 0.3 is 0 Å². The van der Waals surface area contributed by atoms with Gasteiger partial charge in [-0.05, 0) is 37.0 Å². The summed E-state index contributed by atoms with van der Waals surface area (Å²) in [6, 6.07) is 4.36. The topological polar surface area (TPSA) is 30.5 Å². The summed E-state index contributed by atoms with van der Waals surface area (Å²) in [7, 11) is 3.41. The summed E-state index contributed by atoms with van der Waals surface area (Å²) in [4.78, 5) is 0. The summed E-state index contributed by atoms with van der Waals surface area (Å²) in [5, 5.41) is 3.20. The highest BCUT2D eigenvalue weighted by atomic mass is 16.5. The molecule has 0 spiro atoms. The van der Waals surface area contributed by atoms with Crippen molar-refractivity contribution in [1.82, 2.24) is 5.32 Å². The summed E-state index contributed by atoms with van der Waals surface area (Å²) in [6.07, 6.45) is 1.01. The molecule has 0 saturated carbocycles. The van der Waals surface area contributed by atoms with E-state index in [1.165, 1.54) is 16.7 Å². The molecule has 0 fully saturated rings. The lowest BCUT2D eigenvalue weighted by molar-refractivity contribution is 0.176. The van der Waals surface area contributed by atoms with Crippen LogP contribution in [0.15, 0.2) is 12.1 Å². The van der Waals surface area contributed by atoms with Crippen molar-refractivity contribution < 1.29 is 9.47 Å². The van der Waals surface area contributed by atoms with Crippen molar-refractivity contribution in [2.24, 2.45) is 0 Å². The first-order valence-electron chi connectivity index (χ1n) is 5.52. The highest BCUT2D eigenvalue weighted by Crippen LogP contribution is 2.24. The molecule has 3 nitrogen and oxygen atoms in total. The van der Waals surface area contributed by atoms with E-state index in [0.717, 1.165) is 18.7 Å². The number of ether oxygens (including phenoxy) is 2. The Balaban J connectivity index is 2.61.